The Balaban J connectivity index is 1.44. The van der Waals surface area contributed by atoms with E-state index in [1.807, 2.05) is 30.3 Å². The Morgan fingerprint density at radius 2 is 1.97 bits per heavy atom. The van der Waals surface area contributed by atoms with Gasteiger partial charge in [0.1, 0.15) is 11.3 Å². The number of H-pyrrole nitrogens is 1. The van der Waals surface area contributed by atoms with Crippen LogP contribution in [0.1, 0.15) is 31.2 Å². The molecule has 0 unspecified atom stereocenters. The number of ether oxygens (including phenoxy) is 1. The summed E-state index contributed by atoms with van der Waals surface area (Å²) in [5.41, 5.74) is 3.80. The maximum Gasteiger partial charge on any atom is 0.227 e. The molecule has 0 radical (unpaired) electrons. The Kier molecular flexibility index (Phi) is 4.94. The summed E-state index contributed by atoms with van der Waals surface area (Å²) in [5.74, 6) is 1.17. The summed E-state index contributed by atoms with van der Waals surface area (Å²) in [6, 6.07) is 9.56. The van der Waals surface area contributed by atoms with Gasteiger partial charge in [0.15, 0.2) is 0 Å². The van der Waals surface area contributed by atoms with Crippen molar-refractivity contribution in [3.63, 3.8) is 0 Å². The summed E-state index contributed by atoms with van der Waals surface area (Å²) in [7, 11) is 0. The third-order valence-corrected chi connectivity index (χ3v) is 5.54. The van der Waals surface area contributed by atoms with E-state index in [0.717, 1.165) is 64.6 Å². The van der Waals surface area contributed by atoms with Gasteiger partial charge in [0.25, 0.3) is 0 Å². The zero-order chi connectivity index (χ0) is 20.5. The number of benzene rings is 2. The first-order valence-corrected chi connectivity index (χ1v) is 10.1. The summed E-state index contributed by atoms with van der Waals surface area (Å²) < 4.78 is 6.23. The van der Waals surface area contributed by atoms with Crippen molar-refractivity contribution in [2.45, 2.75) is 44.5 Å². The largest absolute Gasteiger partial charge is 0.488 e. The molecule has 4 aromatic rings. The summed E-state index contributed by atoms with van der Waals surface area (Å²) >= 11 is 0. The minimum absolute atomic E-state index is 0.0836. The summed E-state index contributed by atoms with van der Waals surface area (Å²) in [6.07, 6.45) is 6.44. The van der Waals surface area contributed by atoms with Gasteiger partial charge in [-0.15, -0.1) is 0 Å². The van der Waals surface area contributed by atoms with Crippen molar-refractivity contribution in [3.8, 4) is 5.75 Å². The minimum Gasteiger partial charge on any atom is -0.488 e. The van der Waals surface area contributed by atoms with E-state index in [0.29, 0.717) is 5.95 Å². The molecule has 154 valence electrons. The highest BCUT2D eigenvalue weighted by molar-refractivity contribution is 5.86. The molecule has 8 heteroatoms. The number of aromatic nitrogens is 4. The molecular formula is C22H23N5O3. The minimum atomic E-state index is -0.216. The molecule has 30 heavy (non-hydrogen) atoms. The Labute approximate surface area is 173 Å². The average molecular weight is 405 g/mol. The second-order valence-corrected chi connectivity index (χ2v) is 7.65. The van der Waals surface area contributed by atoms with E-state index in [4.69, 9.17) is 4.74 Å². The van der Waals surface area contributed by atoms with Crippen LogP contribution < -0.4 is 10.1 Å². The Morgan fingerprint density at radius 1 is 1.10 bits per heavy atom. The number of fused-ring (bicyclic) bond motifs is 2. The number of imidazole rings is 1. The van der Waals surface area contributed by atoms with Gasteiger partial charge >= 0.3 is 0 Å². The van der Waals surface area contributed by atoms with Gasteiger partial charge in [0.2, 0.25) is 5.95 Å². The normalized spacial score (nSPS) is 19.3. The van der Waals surface area contributed by atoms with Gasteiger partial charge < -0.3 is 25.3 Å². The zero-order valence-electron chi connectivity index (χ0n) is 16.4. The number of nitrogens with one attached hydrogen (secondary N) is 2. The monoisotopic (exact) mass is 405 g/mol. The second kappa shape index (κ2) is 7.89. The van der Waals surface area contributed by atoms with Crippen molar-refractivity contribution in [2.75, 3.05) is 5.32 Å². The maximum atomic E-state index is 9.72. The maximum absolute atomic E-state index is 9.72. The van der Waals surface area contributed by atoms with Gasteiger partial charge in [-0.3, -0.25) is 0 Å². The molecule has 4 N–H and O–H groups in total. The van der Waals surface area contributed by atoms with Gasteiger partial charge in [0, 0.05) is 22.8 Å². The predicted octanol–water partition coefficient (Wildman–Crippen LogP) is 3.42. The first-order chi connectivity index (χ1) is 14.7. The molecule has 1 saturated carbocycles. The van der Waals surface area contributed by atoms with Crippen LogP contribution in [-0.4, -0.2) is 42.4 Å². The van der Waals surface area contributed by atoms with Crippen LogP contribution in [0, 0.1) is 0 Å². The van der Waals surface area contributed by atoms with Crippen molar-refractivity contribution in [2.24, 2.45) is 0 Å². The highest BCUT2D eigenvalue weighted by Crippen LogP contribution is 2.30. The van der Waals surface area contributed by atoms with E-state index in [-0.39, 0.29) is 18.8 Å². The molecule has 2 aromatic heterocycles. The number of aromatic amines is 1. The molecule has 0 saturated heterocycles. The number of nitrogens with zero attached hydrogens (tertiary/aromatic N) is 3. The van der Waals surface area contributed by atoms with Gasteiger partial charge in [-0.05, 0) is 43.9 Å². The Bertz CT molecular complexity index is 1180. The van der Waals surface area contributed by atoms with Crippen molar-refractivity contribution >= 4 is 33.6 Å². The molecule has 8 nitrogen and oxygen atoms in total. The number of hydrogen-bond acceptors (Lipinski definition) is 7. The molecule has 1 fully saturated rings. The molecule has 1 aliphatic rings. The van der Waals surface area contributed by atoms with Gasteiger partial charge in [0.05, 0.1) is 36.2 Å². The Morgan fingerprint density at radius 3 is 2.80 bits per heavy atom. The van der Waals surface area contributed by atoms with Crippen molar-refractivity contribution in [1.82, 2.24) is 19.9 Å². The zero-order valence-corrected chi connectivity index (χ0v) is 16.4. The fourth-order valence-corrected chi connectivity index (χ4v) is 3.97. The first-order valence-electron chi connectivity index (χ1n) is 10.1. The van der Waals surface area contributed by atoms with Gasteiger partial charge in [-0.1, -0.05) is 12.1 Å². The highest BCUT2D eigenvalue weighted by atomic mass is 16.5. The van der Waals surface area contributed by atoms with Crippen molar-refractivity contribution in [3.05, 3.63) is 48.4 Å². The summed E-state index contributed by atoms with van der Waals surface area (Å²) in [4.78, 5) is 16.4. The molecule has 5 rings (SSSR count). The average Bonchev–Trinajstić information content (AvgIpc) is 3.24. The van der Waals surface area contributed by atoms with Crippen LogP contribution in [0.25, 0.3) is 21.9 Å². The number of para-hydroxylation sites is 1. The Hall–Kier alpha value is -3.23. The van der Waals surface area contributed by atoms with Crippen LogP contribution in [0.4, 0.5) is 11.6 Å². The third-order valence-electron chi connectivity index (χ3n) is 5.54. The third kappa shape index (κ3) is 3.67. The quantitative estimate of drug-likeness (QED) is 0.402. The van der Waals surface area contributed by atoms with Crippen LogP contribution in [0.2, 0.25) is 0 Å². The van der Waals surface area contributed by atoms with E-state index in [1.165, 1.54) is 0 Å². The van der Waals surface area contributed by atoms with Crippen molar-refractivity contribution < 1.29 is 14.9 Å². The number of hydrogen-bond donors (Lipinski definition) is 4. The van der Waals surface area contributed by atoms with Crippen LogP contribution in [0.5, 0.6) is 5.75 Å². The standard InChI is InChI=1S/C22H23N5O3/c28-11-14-8-15(9-18-20(14)25-12-24-18)26-22-23-10-13-2-1-3-19(21(13)27-22)30-17-6-4-16(29)5-7-17/h1-3,8-10,12,16-17,28-29H,4-7,11H2,(H,24,25)(H,23,26,27). The van der Waals surface area contributed by atoms with Crippen LogP contribution >= 0.6 is 0 Å². The lowest BCUT2D eigenvalue weighted by Gasteiger charge is -2.26. The van der Waals surface area contributed by atoms with Crippen LogP contribution in [-0.2, 0) is 6.61 Å². The molecule has 2 aromatic carbocycles. The molecule has 2 heterocycles. The number of aliphatic hydroxyl groups is 2. The summed E-state index contributed by atoms with van der Waals surface area (Å²) in [6.45, 7) is -0.108. The van der Waals surface area contributed by atoms with Crippen LogP contribution in [0.3, 0.4) is 0 Å². The summed E-state index contributed by atoms with van der Waals surface area (Å²) in [5, 5.41) is 23.5. The van der Waals surface area contributed by atoms with Gasteiger partial charge in [-0.2, -0.15) is 0 Å². The highest BCUT2D eigenvalue weighted by Gasteiger charge is 2.21. The number of anilines is 2. The first kappa shape index (κ1) is 18.8. The molecule has 0 aliphatic heterocycles. The van der Waals surface area contributed by atoms with E-state index in [1.54, 1.807) is 12.5 Å². The SMILES string of the molecule is OCc1cc(Nc2ncc3cccc(OC4CCC(O)CC4)c3n2)cc2[nH]cnc12. The lowest BCUT2D eigenvalue weighted by Crippen LogP contribution is -2.26. The molecule has 1 aliphatic carbocycles. The van der Waals surface area contributed by atoms with E-state index in [9.17, 15) is 10.2 Å². The molecule has 0 spiro atoms. The van der Waals surface area contributed by atoms with Crippen molar-refractivity contribution in [1.29, 1.82) is 0 Å². The van der Waals surface area contributed by atoms with Crippen LogP contribution in [0.15, 0.2) is 42.9 Å². The predicted molar refractivity (Wildman–Crippen MR) is 114 cm³/mol. The van der Waals surface area contributed by atoms with E-state index >= 15 is 0 Å². The topological polar surface area (TPSA) is 116 Å². The molecular weight excluding hydrogens is 382 g/mol. The van der Waals surface area contributed by atoms with Gasteiger partial charge in [-0.25, -0.2) is 15.0 Å². The molecule has 0 amide bonds. The molecule has 0 bridgehead atoms. The fraction of sp³-hybridized carbons (Fsp3) is 0.318. The lowest BCUT2D eigenvalue weighted by atomic mass is 9.95. The molecule has 0 atom stereocenters. The smallest absolute Gasteiger partial charge is 0.227 e. The van der Waals surface area contributed by atoms with E-state index in [2.05, 4.69) is 25.3 Å². The number of aliphatic hydroxyl groups excluding tert-OH is 2. The van der Waals surface area contributed by atoms with E-state index < -0.39 is 0 Å². The fourth-order valence-electron chi connectivity index (χ4n) is 3.97. The lowest BCUT2D eigenvalue weighted by molar-refractivity contribution is 0.0672. The number of rotatable bonds is 5. The second-order valence-electron chi connectivity index (χ2n) is 7.65.